The molecule has 0 amide bonds. The van der Waals surface area contributed by atoms with E-state index in [0.717, 1.165) is 59.6 Å². The number of nitrogens with zero attached hydrogens (tertiary/aromatic N) is 5. The monoisotopic (exact) mass is 543 g/mol. The molecule has 0 saturated heterocycles. The zero-order chi connectivity index (χ0) is 28.2. The van der Waals surface area contributed by atoms with Gasteiger partial charge in [-0.3, -0.25) is 4.90 Å². The molecule has 2 aliphatic carbocycles. The van der Waals surface area contributed by atoms with Crippen LogP contribution in [-0.2, 0) is 11.8 Å². The molecule has 2 saturated carbocycles. The summed E-state index contributed by atoms with van der Waals surface area (Å²) in [6, 6.07) is 9.76. The van der Waals surface area contributed by atoms with Crippen molar-refractivity contribution in [2.45, 2.75) is 103 Å². The summed E-state index contributed by atoms with van der Waals surface area (Å²) in [5.41, 5.74) is 10.6. The van der Waals surface area contributed by atoms with E-state index in [9.17, 15) is 5.11 Å². The number of hydrogen-bond acceptors (Lipinski definition) is 6. The van der Waals surface area contributed by atoms with Gasteiger partial charge in [0.1, 0.15) is 23.6 Å². The number of aliphatic hydroxyl groups is 1. The third-order valence-corrected chi connectivity index (χ3v) is 9.49. The number of fused-ring (bicyclic) bond motifs is 2. The van der Waals surface area contributed by atoms with E-state index in [1.165, 1.54) is 31.2 Å². The van der Waals surface area contributed by atoms with Gasteiger partial charge in [0.05, 0.1) is 28.6 Å². The van der Waals surface area contributed by atoms with Crippen LogP contribution in [0.4, 0.5) is 5.82 Å². The third-order valence-electron chi connectivity index (χ3n) is 9.49. The molecule has 8 heteroatoms. The molecule has 4 aromatic rings. The van der Waals surface area contributed by atoms with Crippen molar-refractivity contribution in [3.8, 4) is 0 Å². The first-order valence-corrected chi connectivity index (χ1v) is 15.1. The van der Waals surface area contributed by atoms with Crippen molar-refractivity contribution >= 4 is 27.9 Å². The van der Waals surface area contributed by atoms with Crippen LogP contribution in [0.1, 0.15) is 84.2 Å². The van der Waals surface area contributed by atoms with Gasteiger partial charge < -0.3 is 20.4 Å². The summed E-state index contributed by atoms with van der Waals surface area (Å²) in [7, 11) is 0. The number of aliphatic hydroxyl groups excluding tert-OH is 1. The minimum Gasteiger partial charge on any atom is -0.391 e. The Balaban J connectivity index is 1.03. The van der Waals surface area contributed by atoms with Crippen molar-refractivity contribution in [2.75, 3.05) is 12.3 Å². The van der Waals surface area contributed by atoms with Crippen LogP contribution in [0, 0.1) is 11.8 Å². The van der Waals surface area contributed by atoms with E-state index in [0.29, 0.717) is 23.8 Å². The molecule has 1 aromatic carbocycles. The molecule has 2 fully saturated rings. The van der Waals surface area contributed by atoms with Crippen molar-refractivity contribution in [1.29, 1.82) is 0 Å². The number of benzene rings is 1. The third kappa shape index (κ3) is 5.23. The largest absolute Gasteiger partial charge is 0.391 e. The Morgan fingerprint density at radius 3 is 2.65 bits per heavy atom. The summed E-state index contributed by atoms with van der Waals surface area (Å²) in [6.45, 7) is 12.4. The van der Waals surface area contributed by atoms with E-state index < -0.39 is 0 Å². The number of anilines is 1. The highest BCUT2D eigenvalue weighted by Gasteiger charge is 2.40. The highest BCUT2D eigenvalue weighted by Crippen LogP contribution is 2.41. The van der Waals surface area contributed by atoms with E-state index in [1.54, 1.807) is 0 Å². The van der Waals surface area contributed by atoms with Crippen LogP contribution in [0.2, 0.25) is 0 Å². The number of nitrogen functional groups attached to an aromatic ring is 1. The molecule has 0 spiro atoms. The zero-order valence-corrected chi connectivity index (χ0v) is 24.6. The second-order valence-electron chi connectivity index (χ2n) is 13.7. The standard InChI is InChI=1S/C32H45N7O/c1-19(2)39(17-21-14-27(28(40)15-21)38-11-10-24-30(33)34-18-35-31(24)38)23-12-20(13-23)6-9-29-36-25-8-7-22(32(3,4)5)16-26(25)37-29/h7-8,10-11,16,18-21,23,27-28,40H,6,9,12-15,17H2,1-5H3,(H,36,37)(H2,33,34,35)/t20-,21-,23-,27+,28?/m0/s1. The average Bonchev–Trinajstić information content (AvgIpc) is 3.57. The molecule has 3 atom stereocenters. The lowest BCUT2D eigenvalue weighted by Gasteiger charge is -2.46. The Morgan fingerprint density at radius 2 is 1.90 bits per heavy atom. The fraction of sp³-hybridized carbons (Fsp3) is 0.594. The number of imidazole rings is 1. The molecular weight excluding hydrogens is 498 g/mol. The number of aromatic amines is 1. The highest BCUT2D eigenvalue weighted by molar-refractivity contribution is 5.86. The Bertz CT molecular complexity index is 1480. The second kappa shape index (κ2) is 10.5. The van der Waals surface area contributed by atoms with Gasteiger partial charge in [-0.05, 0) is 87.0 Å². The van der Waals surface area contributed by atoms with Gasteiger partial charge in [-0.1, -0.05) is 26.8 Å². The van der Waals surface area contributed by atoms with Crippen LogP contribution in [0.15, 0.2) is 36.8 Å². The zero-order valence-electron chi connectivity index (χ0n) is 24.6. The molecule has 8 nitrogen and oxygen atoms in total. The first kappa shape index (κ1) is 27.2. The first-order valence-electron chi connectivity index (χ1n) is 15.1. The van der Waals surface area contributed by atoms with Crippen LogP contribution in [0.25, 0.3) is 22.1 Å². The molecule has 3 aromatic heterocycles. The van der Waals surface area contributed by atoms with E-state index >= 15 is 0 Å². The maximum atomic E-state index is 11.0. The molecule has 4 N–H and O–H groups in total. The summed E-state index contributed by atoms with van der Waals surface area (Å²) in [6.07, 6.45) is 9.63. The van der Waals surface area contributed by atoms with Crippen LogP contribution in [0.3, 0.4) is 0 Å². The van der Waals surface area contributed by atoms with Gasteiger partial charge in [0, 0.05) is 31.2 Å². The van der Waals surface area contributed by atoms with Gasteiger partial charge in [-0.15, -0.1) is 0 Å². The highest BCUT2D eigenvalue weighted by atomic mass is 16.3. The number of nitrogens with one attached hydrogen (secondary N) is 1. The molecule has 6 rings (SSSR count). The Labute approximate surface area is 237 Å². The SMILES string of the molecule is CC(C)N(C[C@@H]1CC(O)[C@H](n2ccc3c(N)ncnc32)C1)[C@H]1C[C@H](CCc2nc3cc(C(C)(C)C)ccc3[nH]2)C1. The average molecular weight is 544 g/mol. The quantitative estimate of drug-likeness (QED) is 0.266. The molecule has 214 valence electrons. The van der Waals surface area contributed by atoms with Crippen molar-refractivity contribution < 1.29 is 5.11 Å². The summed E-state index contributed by atoms with van der Waals surface area (Å²) in [5, 5.41) is 11.9. The number of nitrogens with two attached hydrogens (primary N) is 1. The van der Waals surface area contributed by atoms with Gasteiger partial charge in [-0.2, -0.15) is 0 Å². The van der Waals surface area contributed by atoms with E-state index in [4.69, 9.17) is 10.7 Å². The molecule has 3 heterocycles. The molecule has 0 bridgehead atoms. The minimum atomic E-state index is -0.372. The van der Waals surface area contributed by atoms with Gasteiger partial charge in [-0.25, -0.2) is 15.0 Å². The second-order valence-corrected chi connectivity index (χ2v) is 13.7. The van der Waals surface area contributed by atoms with Gasteiger partial charge in [0.15, 0.2) is 0 Å². The lowest BCUT2D eigenvalue weighted by atomic mass is 9.76. The molecular formula is C32H45N7O. The molecule has 1 unspecified atom stereocenters. The minimum absolute atomic E-state index is 0.0308. The number of hydrogen-bond donors (Lipinski definition) is 3. The number of aryl methyl sites for hydroxylation is 1. The predicted octanol–water partition coefficient (Wildman–Crippen LogP) is 5.62. The summed E-state index contributed by atoms with van der Waals surface area (Å²) < 4.78 is 2.11. The normalized spacial score (nSPS) is 25.4. The topological polar surface area (TPSA) is 109 Å². The number of H-pyrrole nitrogens is 1. The molecule has 0 aliphatic heterocycles. The maximum absolute atomic E-state index is 11.0. The van der Waals surface area contributed by atoms with Crippen LogP contribution < -0.4 is 5.73 Å². The Hall–Kier alpha value is -2.97. The van der Waals surface area contributed by atoms with Crippen LogP contribution in [-0.4, -0.2) is 59.2 Å². The van der Waals surface area contributed by atoms with Crippen molar-refractivity contribution in [3.05, 3.63) is 48.2 Å². The van der Waals surface area contributed by atoms with E-state index in [1.807, 2.05) is 12.3 Å². The summed E-state index contributed by atoms with van der Waals surface area (Å²) in [4.78, 5) is 19.7. The first-order chi connectivity index (χ1) is 19.1. The summed E-state index contributed by atoms with van der Waals surface area (Å²) >= 11 is 0. The van der Waals surface area contributed by atoms with Gasteiger partial charge >= 0.3 is 0 Å². The Kier molecular flexibility index (Phi) is 7.11. The summed E-state index contributed by atoms with van der Waals surface area (Å²) in [5.74, 6) is 2.82. The smallest absolute Gasteiger partial charge is 0.145 e. The lowest BCUT2D eigenvalue weighted by molar-refractivity contribution is 0.0355. The van der Waals surface area contributed by atoms with E-state index in [2.05, 4.69) is 77.2 Å². The maximum Gasteiger partial charge on any atom is 0.145 e. The fourth-order valence-corrected chi connectivity index (χ4v) is 7.07. The molecule has 40 heavy (non-hydrogen) atoms. The predicted molar refractivity (Wildman–Crippen MR) is 161 cm³/mol. The van der Waals surface area contributed by atoms with Crippen molar-refractivity contribution in [2.24, 2.45) is 11.8 Å². The van der Waals surface area contributed by atoms with Crippen LogP contribution in [0.5, 0.6) is 0 Å². The fourth-order valence-electron chi connectivity index (χ4n) is 7.07. The van der Waals surface area contributed by atoms with E-state index in [-0.39, 0.29) is 17.6 Å². The Morgan fingerprint density at radius 1 is 1.10 bits per heavy atom. The number of rotatable bonds is 8. The van der Waals surface area contributed by atoms with Gasteiger partial charge in [0.25, 0.3) is 0 Å². The van der Waals surface area contributed by atoms with Crippen LogP contribution >= 0.6 is 0 Å². The molecule has 2 aliphatic rings. The molecule has 0 radical (unpaired) electrons. The van der Waals surface area contributed by atoms with Crippen molar-refractivity contribution in [1.82, 2.24) is 29.4 Å². The number of aromatic nitrogens is 5. The lowest BCUT2D eigenvalue weighted by Crippen LogP contribution is -2.49. The van der Waals surface area contributed by atoms with Gasteiger partial charge in [0.2, 0.25) is 0 Å². The van der Waals surface area contributed by atoms with Crippen molar-refractivity contribution in [3.63, 3.8) is 0 Å².